The lowest BCUT2D eigenvalue weighted by atomic mass is 10.2. The topological polar surface area (TPSA) is 74.6 Å². The van der Waals surface area contributed by atoms with E-state index in [0.717, 1.165) is 0 Å². The zero-order valence-electron chi connectivity index (χ0n) is 6.95. The lowest BCUT2D eigenvalue weighted by Crippen LogP contribution is -2.02. The molecule has 0 saturated carbocycles. The molecule has 78 valence electrons. The minimum Gasteiger partial charge on any atom is -0.508 e. The van der Waals surface area contributed by atoms with Gasteiger partial charge in [0.25, 0.3) is 10.1 Å². The average molecular weight is 346 g/mol. The van der Waals surface area contributed by atoms with E-state index in [1.54, 1.807) is 0 Å². The highest BCUT2D eigenvalue weighted by atomic mass is 79.9. The summed E-state index contributed by atoms with van der Waals surface area (Å²) in [5.41, 5.74) is 0.0996. The summed E-state index contributed by atoms with van der Waals surface area (Å²) in [4.78, 5) is -0.329. The molecule has 0 saturated heterocycles. The monoisotopic (exact) mass is 344 g/mol. The molecule has 0 atom stereocenters. The first-order chi connectivity index (χ1) is 6.25. The van der Waals surface area contributed by atoms with Gasteiger partial charge in [-0.05, 0) is 44.8 Å². The van der Waals surface area contributed by atoms with E-state index in [1.165, 1.54) is 13.0 Å². The van der Waals surface area contributed by atoms with E-state index in [2.05, 4.69) is 31.9 Å². The maximum absolute atomic E-state index is 11.0. The van der Waals surface area contributed by atoms with Crippen LogP contribution < -0.4 is 0 Å². The van der Waals surface area contributed by atoms with Crippen LogP contribution in [0.25, 0.3) is 0 Å². The van der Waals surface area contributed by atoms with E-state index in [4.69, 9.17) is 4.55 Å². The van der Waals surface area contributed by atoms with Crippen LogP contribution in [-0.2, 0) is 10.1 Å². The fourth-order valence-electron chi connectivity index (χ4n) is 0.988. The van der Waals surface area contributed by atoms with Crippen molar-refractivity contribution in [1.29, 1.82) is 0 Å². The highest BCUT2D eigenvalue weighted by Crippen LogP contribution is 2.37. The van der Waals surface area contributed by atoms with Gasteiger partial charge in [-0.2, -0.15) is 8.42 Å². The minimum atomic E-state index is -4.35. The van der Waals surface area contributed by atoms with Crippen LogP contribution in [0, 0.1) is 6.92 Å². The fourth-order valence-corrected chi connectivity index (χ4v) is 3.39. The molecule has 0 fully saturated rings. The summed E-state index contributed by atoms with van der Waals surface area (Å²) in [5, 5.41) is 9.34. The van der Waals surface area contributed by atoms with E-state index in [0.29, 0.717) is 4.47 Å². The SMILES string of the molecule is Cc1c(O)cc(Br)c(Br)c1S(=O)(=O)O. The fraction of sp³-hybridized carbons (Fsp3) is 0.143. The Kier molecular flexibility index (Phi) is 3.25. The molecule has 4 nitrogen and oxygen atoms in total. The maximum atomic E-state index is 11.0. The molecular weight excluding hydrogens is 340 g/mol. The van der Waals surface area contributed by atoms with E-state index in [-0.39, 0.29) is 20.7 Å². The molecule has 0 spiro atoms. The highest BCUT2D eigenvalue weighted by Gasteiger charge is 2.21. The highest BCUT2D eigenvalue weighted by molar-refractivity contribution is 9.13. The Bertz CT molecular complexity index is 455. The Morgan fingerprint density at radius 2 is 1.86 bits per heavy atom. The molecule has 0 aliphatic rings. The first kappa shape index (κ1) is 12.0. The Balaban J connectivity index is 3.74. The molecule has 1 aromatic rings. The predicted octanol–water partition coefficient (Wildman–Crippen LogP) is 2.47. The molecule has 0 bridgehead atoms. The standard InChI is InChI=1S/C7H6Br2O4S/c1-3-5(10)2-4(8)6(9)7(3)14(11,12)13/h2,10H,1H3,(H,11,12,13). The Hall–Kier alpha value is -0.110. The largest absolute Gasteiger partial charge is 0.508 e. The van der Waals surface area contributed by atoms with Crippen LogP contribution in [0.4, 0.5) is 0 Å². The normalized spacial score (nSPS) is 11.7. The van der Waals surface area contributed by atoms with Crippen molar-refractivity contribution >= 4 is 42.0 Å². The summed E-state index contributed by atoms with van der Waals surface area (Å²) >= 11 is 6.04. The van der Waals surface area contributed by atoms with Crippen molar-refractivity contribution < 1.29 is 18.1 Å². The van der Waals surface area contributed by atoms with Gasteiger partial charge in [0, 0.05) is 10.0 Å². The zero-order chi connectivity index (χ0) is 11.1. The molecule has 0 aliphatic carbocycles. The van der Waals surface area contributed by atoms with Crippen LogP contribution in [0.5, 0.6) is 5.75 Å². The molecule has 0 aromatic heterocycles. The van der Waals surface area contributed by atoms with Gasteiger partial charge >= 0.3 is 0 Å². The van der Waals surface area contributed by atoms with Gasteiger partial charge in [-0.3, -0.25) is 4.55 Å². The number of hydrogen-bond donors (Lipinski definition) is 2. The Morgan fingerprint density at radius 1 is 1.36 bits per heavy atom. The van der Waals surface area contributed by atoms with E-state index >= 15 is 0 Å². The number of benzene rings is 1. The lowest BCUT2D eigenvalue weighted by Gasteiger charge is -2.08. The second-order valence-electron chi connectivity index (χ2n) is 2.62. The average Bonchev–Trinajstić information content (AvgIpc) is 1.98. The van der Waals surface area contributed by atoms with E-state index < -0.39 is 10.1 Å². The van der Waals surface area contributed by atoms with Crippen LogP contribution in [0.2, 0.25) is 0 Å². The number of phenolic OH excluding ortho intramolecular Hbond substituents is 1. The number of aromatic hydroxyl groups is 1. The van der Waals surface area contributed by atoms with Crippen molar-refractivity contribution in [3.8, 4) is 5.75 Å². The van der Waals surface area contributed by atoms with Crippen molar-refractivity contribution in [3.63, 3.8) is 0 Å². The third kappa shape index (κ3) is 2.10. The van der Waals surface area contributed by atoms with Crippen molar-refractivity contribution in [2.45, 2.75) is 11.8 Å². The molecule has 0 unspecified atom stereocenters. The quantitative estimate of drug-likeness (QED) is 0.767. The summed E-state index contributed by atoms with van der Waals surface area (Å²) in [6, 6.07) is 1.34. The number of halogens is 2. The first-order valence-corrected chi connectivity index (χ1v) is 6.43. The van der Waals surface area contributed by atoms with Crippen molar-refractivity contribution in [2.75, 3.05) is 0 Å². The molecule has 0 radical (unpaired) electrons. The van der Waals surface area contributed by atoms with Crippen LogP contribution in [0.3, 0.4) is 0 Å². The molecular formula is C7H6Br2O4S. The molecule has 0 heterocycles. The van der Waals surface area contributed by atoms with Crippen molar-refractivity contribution in [3.05, 3.63) is 20.6 Å². The summed E-state index contributed by atoms with van der Waals surface area (Å²) in [5.74, 6) is -0.201. The Morgan fingerprint density at radius 3 is 2.29 bits per heavy atom. The third-order valence-corrected chi connectivity index (χ3v) is 4.93. The summed E-state index contributed by atoms with van der Waals surface area (Å²) < 4.78 is 31.4. The number of phenols is 1. The van der Waals surface area contributed by atoms with Gasteiger partial charge in [0.2, 0.25) is 0 Å². The van der Waals surface area contributed by atoms with Gasteiger partial charge in [0.1, 0.15) is 10.6 Å². The minimum absolute atomic E-state index is 0.0996. The third-order valence-electron chi connectivity index (χ3n) is 1.66. The van der Waals surface area contributed by atoms with Gasteiger partial charge < -0.3 is 5.11 Å². The van der Waals surface area contributed by atoms with Gasteiger partial charge in [0.05, 0.1) is 4.47 Å². The van der Waals surface area contributed by atoms with Gasteiger partial charge in [0.15, 0.2) is 0 Å². The molecule has 2 N–H and O–H groups in total. The molecule has 0 amide bonds. The van der Waals surface area contributed by atoms with Crippen LogP contribution >= 0.6 is 31.9 Å². The lowest BCUT2D eigenvalue weighted by molar-refractivity contribution is 0.460. The summed E-state index contributed by atoms with van der Waals surface area (Å²) in [6.07, 6.45) is 0. The predicted molar refractivity (Wildman–Crippen MR) is 58.1 cm³/mol. The Labute approximate surface area is 98.0 Å². The van der Waals surface area contributed by atoms with Gasteiger partial charge in [-0.1, -0.05) is 0 Å². The van der Waals surface area contributed by atoms with Crippen molar-refractivity contribution in [1.82, 2.24) is 0 Å². The van der Waals surface area contributed by atoms with Crippen LogP contribution in [0.1, 0.15) is 5.56 Å². The van der Waals surface area contributed by atoms with Crippen LogP contribution in [-0.4, -0.2) is 18.1 Å². The van der Waals surface area contributed by atoms with Crippen LogP contribution in [0.15, 0.2) is 19.9 Å². The second-order valence-corrected chi connectivity index (χ2v) is 5.63. The van der Waals surface area contributed by atoms with E-state index in [1.807, 2.05) is 0 Å². The molecule has 0 aliphatic heterocycles. The van der Waals surface area contributed by atoms with Crippen molar-refractivity contribution in [2.24, 2.45) is 0 Å². The smallest absolute Gasteiger partial charge is 0.296 e. The van der Waals surface area contributed by atoms with Gasteiger partial charge in [-0.25, -0.2) is 0 Å². The van der Waals surface area contributed by atoms with E-state index in [9.17, 15) is 13.5 Å². The second kappa shape index (κ2) is 3.80. The zero-order valence-corrected chi connectivity index (χ0v) is 10.9. The maximum Gasteiger partial charge on any atom is 0.296 e. The van der Waals surface area contributed by atoms with Gasteiger partial charge in [-0.15, -0.1) is 0 Å². The molecule has 1 rings (SSSR count). The number of rotatable bonds is 1. The molecule has 7 heteroatoms. The molecule has 14 heavy (non-hydrogen) atoms. The molecule has 1 aromatic carbocycles. The summed E-state index contributed by atoms with van der Waals surface area (Å²) in [7, 11) is -4.35. The first-order valence-electron chi connectivity index (χ1n) is 3.40. The number of hydrogen-bond acceptors (Lipinski definition) is 3. The summed E-state index contributed by atoms with van der Waals surface area (Å²) in [6.45, 7) is 1.40.